The molecular weight excluding hydrogens is 362 g/mol. The number of benzene rings is 2. The van der Waals surface area contributed by atoms with E-state index in [9.17, 15) is 4.79 Å². The molecule has 152 valence electrons. The molecule has 0 aliphatic carbocycles. The van der Waals surface area contributed by atoms with Gasteiger partial charge in [0.1, 0.15) is 0 Å². The summed E-state index contributed by atoms with van der Waals surface area (Å²) in [5.74, 6) is 0.525. The number of likely N-dealkylation sites (tertiary alicyclic amines) is 1. The molecule has 1 aromatic heterocycles. The Balaban J connectivity index is 1.57. The summed E-state index contributed by atoms with van der Waals surface area (Å²) in [6, 6.07) is 16.9. The number of hydrogen-bond donors (Lipinski definition) is 0. The van der Waals surface area contributed by atoms with E-state index in [2.05, 4.69) is 30.1 Å². The van der Waals surface area contributed by atoms with E-state index >= 15 is 0 Å². The van der Waals surface area contributed by atoms with Gasteiger partial charge in [0.15, 0.2) is 0 Å². The Hall–Kier alpha value is -2.66. The average molecular weight is 392 g/mol. The van der Waals surface area contributed by atoms with Gasteiger partial charge in [-0.1, -0.05) is 42.5 Å². The minimum Gasteiger partial charge on any atom is -0.468 e. The van der Waals surface area contributed by atoms with Crippen molar-refractivity contribution in [3.8, 4) is 6.01 Å². The van der Waals surface area contributed by atoms with Crippen molar-refractivity contribution in [1.82, 2.24) is 14.5 Å². The average Bonchev–Trinajstić information content (AvgIpc) is 3.14. The summed E-state index contributed by atoms with van der Waals surface area (Å²) >= 11 is 0. The normalized spacial score (nSPS) is 15.7. The Bertz CT molecular complexity index is 972. The summed E-state index contributed by atoms with van der Waals surface area (Å²) in [6.45, 7) is 2.19. The monoisotopic (exact) mass is 391 g/mol. The molecule has 5 nitrogen and oxygen atoms in total. The van der Waals surface area contributed by atoms with Crippen LogP contribution in [0.3, 0.4) is 0 Å². The van der Waals surface area contributed by atoms with Gasteiger partial charge in [-0.2, -0.15) is 4.98 Å². The van der Waals surface area contributed by atoms with E-state index in [0.717, 1.165) is 49.8 Å². The van der Waals surface area contributed by atoms with Gasteiger partial charge in [0.05, 0.1) is 18.1 Å². The Morgan fingerprint density at radius 1 is 1.10 bits per heavy atom. The van der Waals surface area contributed by atoms with E-state index in [4.69, 9.17) is 9.72 Å². The van der Waals surface area contributed by atoms with Crippen molar-refractivity contribution in [2.24, 2.45) is 0 Å². The van der Waals surface area contributed by atoms with Crippen molar-refractivity contribution in [2.75, 3.05) is 27.2 Å². The van der Waals surface area contributed by atoms with Crippen LogP contribution < -0.4 is 4.74 Å². The van der Waals surface area contributed by atoms with Gasteiger partial charge in [0, 0.05) is 6.42 Å². The molecule has 4 rings (SSSR count). The van der Waals surface area contributed by atoms with Crippen molar-refractivity contribution in [3.05, 3.63) is 59.7 Å². The molecule has 0 unspecified atom stereocenters. The number of imidazole rings is 1. The van der Waals surface area contributed by atoms with Gasteiger partial charge in [0.2, 0.25) is 5.91 Å². The second-order valence-corrected chi connectivity index (χ2v) is 7.96. The van der Waals surface area contributed by atoms with Gasteiger partial charge in [-0.3, -0.25) is 4.79 Å². The molecule has 0 atom stereocenters. The fraction of sp³-hybridized carbons (Fsp3) is 0.417. The third-order valence-corrected chi connectivity index (χ3v) is 5.97. The van der Waals surface area contributed by atoms with Gasteiger partial charge in [0.25, 0.3) is 0 Å². The highest BCUT2D eigenvalue weighted by molar-refractivity contribution is 5.93. The second-order valence-electron chi connectivity index (χ2n) is 7.96. The highest BCUT2D eigenvalue weighted by Crippen LogP contribution is 2.34. The number of aromatic nitrogens is 2. The molecule has 2 heterocycles. The number of ether oxygens (including phenoxy) is 1. The molecule has 1 fully saturated rings. The predicted molar refractivity (Wildman–Crippen MR) is 116 cm³/mol. The SMILES string of the molecule is COc1nc2c(C3CCN(C)CC3)cccc2n1C(=O)CCCc1ccccc1. The van der Waals surface area contributed by atoms with Crippen LogP contribution >= 0.6 is 0 Å². The van der Waals surface area contributed by atoms with Gasteiger partial charge in [-0.25, -0.2) is 4.57 Å². The van der Waals surface area contributed by atoms with E-state index in [1.54, 1.807) is 11.7 Å². The highest BCUT2D eigenvalue weighted by Gasteiger charge is 2.24. The van der Waals surface area contributed by atoms with Crippen LogP contribution in [0.25, 0.3) is 11.0 Å². The van der Waals surface area contributed by atoms with Crippen LogP contribution in [-0.2, 0) is 6.42 Å². The van der Waals surface area contributed by atoms with Crippen molar-refractivity contribution in [3.63, 3.8) is 0 Å². The van der Waals surface area contributed by atoms with Gasteiger partial charge >= 0.3 is 6.01 Å². The maximum atomic E-state index is 13.1. The van der Waals surface area contributed by atoms with Gasteiger partial charge in [-0.05, 0) is 68.9 Å². The number of carbonyl (C=O) groups is 1. The zero-order valence-corrected chi connectivity index (χ0v) is 17.3. The van der Waals surface area contributed by atoms with E-state index in [1.807, 2.05) is 30.3 Å². The van der Waals surface area contributed by atoms with Gasteiger partial charge < -0.3 is 9.64 Å². The summed E-state index contributed by atoms with van der Waals surface area (Å²) < 4.78 is 7.16. The molecule has 29 heavy (non-hydrogen) atoms. The minimum absolute atomic E-state index is 0.0424. The van der Waals surface area contributed by atoms with Crippen LogP contribution in [0.5, 0.6) is 6.01 Å². The number of rotatable bonds is 6. The van der Waals surface area contributed by atoms with E-state index in [0.29, 0.717) is 18.3 Å². The summed E-state index contributed by atoms with van der Waals surface area (Å²) in [7, 11) is 3.76. The zero-order valence-electron chi connectivity index (χ0n) is 17.3. The molecule has 0 radical (unpaired) electrons. The second kappa shape index (κ2) is 8.78. The van der Waals surface area contributed by atoms with Crippen molar-refractivity contribution in [1.29, 1.82) is 0 Å². The summed E-state index contributed by atoms with van der Waals surface area (Å²) in [6.07, 6.45) is 4.41. The number of para-hydroxylation sites is 1. The predicted octanol–water partition coefficient (Wildman–Crippen LogP) is 4.52. The lowest BCUT2D eigenvalue weighted by atomic mass is 9.89. The largest absolute Gasteiger partial charge is 0.468 e. The quantitative estimate of drug-likeness (QED) is 0.620. The fourth-order valence-electron chi connectivity index (χ4n) is 4.33. The molecular formula is C24H29N3O2. The first-order valence-electron chi connectivity index (χ1n) is 10.5. The number of hydrogen-bond acceptors (Lipinski definition) is 4. The highest BCUT2D eigenvalue weighted by atomic mass is 16.5. The number of aryl methyl sites for hydroxylation is 1. The molecule has 1 aliphatic heterocycles. The molecule has 0 bridgehead atoms. The molecule has 3 aromatic rings. The lowest BCUT2D eigenvalue weighted by molar-refractivity contribution is 0.0894. The molecule has 0 saturated carbocycles. The Morgan fingerprint density at radius 3 is 2.59 bits per heavy atom. The molecule has 1 aliphatic rings. The van der Waals surface area contributed by atoms with E-state index in [1.165, 1.54) is 11.1 Å². The molecule has 5 heteroatoms. The molecule has 0 spiro atoms. The summed E-state index contributed by atoms with van der Waals surface area (Å²) in [5, 5.41) is 0. The van der Waals surface area contributed by atoms with E-state index < -0.39 is 0 Å². The Labute approximate surface area is 172 Å². The number of fused-ring (bicyclic) bond motifs is 1. The molecule has 2 aromatic carbocycles. The summed E-state index contributed by atoms with van der Waals surface area (Å²) in [5.41, 5.74) is 4.27. The van der Waals surface area contributed by atoms with Crippen LogP contribution in [0.15, 0.2) is 48.5 Å². The molecule has 1 saturated heterocycles. The third kappa shape index (κ3) is 4.20. The van der Waals surface area contributed by atoms with Crippen LogP contribution in [0.4, 0.5) is 0 Å². The van der Waals surface area contributed by atoms with Gasteiger partial charge in [-0.15, -0.1) is 0 Å². The maximum Gasteiger partial charge on any atom is 0.304 e. The van der Waals surface area contributed by atoms with Crippen molar-refractivity contribution < 1.29 is 9.53 Å². The van der Waals surface area contributed by atoms with Crippen LogP contribution in [0.2, 0.25) is 0 Å². The van der Waals surface area contributed by atoms with Crippen molar-refractivity contribution in [2.45, 2.75) is 38.0 Å². The number of carbonyl (C=O) groups excluding carboxylic acids is 1. The summed E-state index contributed by atoms with van der Waals surface area (Å²) in [4.78, 5) is 20.1. The van der Waals surface area contributed by atoms with Crippen LogP contribution in [0.1, 0.15) is 47.5 Å². The smallest absolute Gasteiger partial charge is 0.304 e. The first kappa shape index (κ1) is 19.6. The zero-order chi connectivity index (χ0) is 20.2. The standard InChI is InChI=1S/C24H29N3O2/c1-26-16-14-19(15-17-26)20-11-7-12-21-23(20)25-24(29-2)27(21)22(28)13-6-10-18-8-4-3-5-9-18/h3-5,7-9,11-12,19H,6,10,13-17H2,1-2H3. The lowest BCUT2D eigenvalue weighted by Crippen LogP contribution is -2.29. The van der Waals surface area contributed by atoms with Crippen LogP contribution in [0, 0.1) is 0 Å². The van der Waals surface area contributed by atoms with Crippen LogP contribution in [-0.4, -0.2) is 47.6 Å². The topological polar surface area (TPSA) is 47.4 Å². The lowest BCUT2D eigenvalue weighted by Gasteiger charge is -2.29. The third-order valence-electron chi connectivity index (χ3n) is 5.97. The first-order valence-corrected chi connectivity index (χ1v) is 10.5. The Morgan fingerprint density at radius 2 is 1.86 bits per heavy atom. The number of nitrogens with zero attached hydrogens (tertiary/aromatic N) is 3. The maximum absolute atomic E-state index is 13.1. The number of piperidine rings is 1. The molecule has 0 amide bonds. The fourth-order valence-corrected chi connectivity index (χ4v) is 4.33. The molecule has 0 N–H and O–H groups in total. The minimum atomic E-state index is 0.0424. The van der Waals surface area contributed by atoms with E-state index in [-0.39, 0.29) is 5.91 Å². The first-order chi connectivity index (χ1) is 14.2. The Kier molecular flexibility index (Phi) is 5.95. The number of methoxy groups -OCH3 is 1. The van der Waals surface area contributed by atoms with Crippen molar-refractivity contribution >= 4 is 16.9 Å².